The minimum absolute atomic E-state index is 0.240. The van der Waals surface area contributed by atoms with E-state index in [-0.39, 0.29) is 5.56 Å². The summed E-state index contributed by atoms with van der Waals surface area (Å²) in [6, 6.07) is 12.0. The summed E-state index contributed by atoms with van der Waals surface area (Å²) in [5.41, 5.74) is 2.41. The molecule has 24 heavy (non-hydrogen) atoms. The minimum Gasteiger partial charge on any atom is -0.496 e. The summed E-state index contributed by atoms with van der Waals surface area (Å²) in [5, 5.41) is 17.5. The van der Waals surface area contributed by atoms with E-state index in [0.29, 0.717) is 23.5 Å². The fourth-order valence-corrected chi connectivity index (χ4v) is 2.26. The van der Waals surface area contributed by atoms with Gasteiger partial charge in [-0.2, -0.15) is 12.6 Å². The van der Waals surface area contributed by atoms with Crippen molar-refractivity contribution in [2.45, 2.75) is 13.3 Å². The highest BCUT2D eigenvalue weighted by Crippen LogP contribution is 2.22. The van der Waals surface area contributed by atoms with Gasteiger partial charge in [-0.1, -0.05) is 29.8 Å². The average Bonchev–Trinajstić information content (AvgIpc) is 2.55. The van der Waals surface area contributed by atoms with Gasteiger partial charge >= 0.3 is 11.9 Å². The fraction of sp³-hybridized carbons (Fsp3) is 0.222. The zero-order valence-corrected chi connectivity index (χ0v) is 14.4. The van der Waals surface area contributed by atoms with Gasteiger partial charge in [-0.3, -0.25) is 0 Å². The van der Waals surface area contributed by atoms with Gasteiger partial charge in [-0.05, 0) is 42.9 Å². The second-order valence-electron chi connectivity index (χ2n) is 4.94. The third kappa shape index (κ3) is 5.62. The number of thiol groups is 1. The highest BCUT2D eigenvalue weighted by Gasteiger charge is 2.14. The molecule has 128 valence electrons. The van der Waals surface area contributed by atoms with E-state index in [1.54, 1.807) is 42.5 Å². The van der Waals surface area contributed by atoms with Gasteiger partial charge in [0, 0.05) is 0 Å². The summed E-state index contributed by atoms with van der Waals surface area (Å²) < 4.78 is 4.99. The molecular formula is C18H20O5S. The number of methoxy groups -OCH3 is 1. The van der Waals surface area contributed by atoms with Crippen LogP contribution in [-0.4, -0.2) is 35.0 Å². The summed E-state index contributed by atoms with van der Waals surface area (Å²) in [7, 11) is 1.46. The first-order valence-corrected chi connectivity index (χ1v) is 7.84. The summed E-state index contributed by atoms with van der Waals surface area (Å²) in [5.74, 6) is -0.816. The lowest BCUT2D eigenvalue weighted by molar-refractivity contribution is 0.0683. The molecule has 2 rings (SSSR count). The van der Waals surface area contributed by atoms with E-state index in [4.69, 9.17) is 14.9 Å². The van der Waals surface area contributed by atoms with Crippen molar-refractivity contribution in [2.24, 2.45) is 0 Å². The number of carbonyl (C=O) groups is 2. The van der Waals surface area contributed by atoms with E-state index in [1.807, 2.05) is 6.92 Å². The van der Waals surface area contributed by atoms with Crippen LogP contribution >= 0.6 is 12.6 Å². The van der Waals surface area contributed by atoms with Gasteiger partial charge < -0.3 is 14.9 Å². The average molecular weight is 348 g/mol. The minimum atomic E-state index is -0.959. The molecule has 0 unspecified atom stereocenters. The van der Waals surface area contributed by atoms with Crippen LogP contribution in [0.4, 0.5) is 0 Å². The van der Waals surface area contributed by atoms with Crippen LogP contribution in [0.5, 0.6) is 5.75 Å². The number of aromatic carboxylic acids is 2. The molecule has 6 heteroatoms. The van der Waals surface area contributed by atoms with Gasteiger partial charge in [0.25, 0.3) is 0 Å². The third-order valence-corrected chi connectivity index (χ3v) is 3.45. The second kappa shape index (κ2) is 9.62. The maximum absolute atomic E-state index is 11.0. The molecule has 0 amide bonds. The van der Waals surface area contributed by atoms with Crippen LogP contribution in [0.15, 0.2) is 42.5 Å². The second-order valence-corrected chi connectivity index (χ2v) is 5.39. The highest BCUT2D eigenvalue weighted by molar-refractivity contribution is 7.80. The number of benzene rings is 2. The van der Waals surface area contributed by atoms with Crippen molar-refractivity contribution in [1.82, 2.24) is 0 Å². The van der Waals surface area contributed by atoms with Crippen LogP contribution in [0.1, 0.15) is 31.8 Å². The maximum Gasteiger partial charge on any atom is 0.339 e. The first kappa shape index (κ1) is 19.6. The fourth-order valence-electron chi connectivity index (χ4n) is 2.01. The van der Waals surface area contributed by atoms with Crippen LogP contribution in [0.2, 0.25) is 0 Å². The number of rotatable bonds is 5. The van der Waals surface area contributed by atoms with Crippen molar-refractivity contribution in [3.8, 4) is 5.75 Å². The van der Waals surface area contributed by atoms with Crippen LogP contribution < -0.4 is 4.74 Å². The van der Waals surface area contributed by atoms with E-state index in [2.05, 4.69) is 12.6 Å². The first-order valence-electron chi connectivity index (χ1n) is 7.20. The normalized spacial score (nSPS) is 9.62. The Labute approximate surface area is 146 Å². The molecular weight excluding hydrogens is 328 g/mol. The van der Waals surface area contributed by atoms with Gasteiger partial charge in [-0.15, -0.1) is 0 Å². The Bertz CT molecular complexity index is 695. The van der Waals surface area contributed by atoms with E-state index in [1.165, 1.54) is 7.11 Å². The van der Waals surface area contributed by atoms with Crippen molar-refractivity contribution >= 4 is 24.6 Å². The number of hydrogen-bond donors (Lipinski definition) is 3. The van der Waals surface area contributed by atoms with Gasteiger partial charge in [-0.25, -0.2) is 9.59 Å². The predicted octanol–water partition coefficient (Wildman–Crippen LogP) is 3.56. The molecule has 0 fully saturated rings. The van der Waals surface area contributed by atoms with Crippen molar-refractivity contribution in [3.63, 3.8) is 0 Å². The summed E-state index contributed by atoms with van der Waals surface area (Å²) in [6.07, 6.45) is 0.627. The SMILES string of the molecule is COc1cccc(CCS)c1C(=O)O.Cc1ccc(C(=O)O)cc1. The number of ether oxygens (including phenoxy) is 1. The van der Waals surface area contributed by atoms with Gasteiger partial charge in [0.2, 0.25) is 0 Å². The Morgan fingerprint density at radius 1 is 1.04 bits per heavy atom. The Morgan fingerprint density at radius 3 is 2.12 bits per heavy atom. The molecule has 2 aromatic rings. The quantitative estimate of drug-likeness (QED) is 0.720. The summed E-state index contributed by atoms with van der Waals surface area (Å²) in [6.45, 7) is 1.92. The van der Waals surface area contributed by atoms with Gasteiger partial charge in [0.1, 0.15) is 11.3 Å². The van der Waals surface area contributed by atoms with E-state index < -0.39 is 11.9 Å². The molecule has 5 nitrogen and oxygen atoms in total. The zero-order chi connectivity index (χ0) is 18.1. The number of hydrogen-bond acceptors (Lipinski definition) is 4. The van der Waals surface area contributed by atoms with Crippen molar-refractivity contribution in [3.05, 3.63) is 64.7 Å². The highest BCUT2D eigenvalue weighted by atomic mass is 32.1. The smallest absolute Gasteiger partial charge is 0.339 e. The molecule has 2 N–H and O–H groups in total. The summed E-state index contributed by atoms with van der Waals surface area (Å²) in [4.78, 5) is 21.3. The largest absolute Gasteiger partial charge is 0.496 e. The molecule has 0 aromatic heterocycles. The van der Waals surface area contributed by atoms with Crippen LogP contribution in [0.25, 0.3) is 0 Å². The predicted molar refractivity (Wildman–Crippen MR) is 95.6 cm³/mol. The van der Waals surface area contributed by atoms with E-state index in [0.717, 1.165) is 11.1 Å². The van der Waals surface area contributed by atoms with Crippen LogP contribution in [0, 0.1) is 6.92 Å². The molecule has 0 heterocycles. The number of carboxylic acid groups (broad SMARTS) is 2. The monoisotopic (exact) mass is 348 g/mol. The molecule has 0 aliphatic rings. The third-order valence-electron chi connectivity index (χ3n) is 3.23. The van der Waals surface area contributed by atoms with Crippen molar-refractivity contribution < 1.29 is 24.5 Å². The van der Waals surface area contributed by atoms with Crippen LogP contribution in [-0.2, 0) is 6.42 Å². The molecule has 0 aliphatic carbocycles. The zero-order valence-electron chi connectivity index (χ0n) is 13.5. The first-order chi connectivity index (χ1) is 11.4. The van der Waals surface area contributed by atoms with Gasteiger partial charge in [0.15, 0.2) is 0 Å². The van der Waals surface area contributed by atoms with Gasteiger partial charge in [0.05, 0.1) is 12.7 Å². The molecule has 0 aliphatic heterocycles. The Morgan fingerprint density at radius 2 is 1.67 bits per heavy atom. The maximum atomic E-state index is 11.0. The molecule has 0 saturated carbocycles. The van der Waals surface area contributed by atoms with E-state index in [9.17, 15) is 9.59 Å². The Balaban J connectivity index is 0.000000254. The van der Waals surface area contributed by atoms with Crippen LogP contribution in [0.3, 0.4) is 0 Å². The molecule has 2 aromatic carbocycles. The topological polar surface area (TPSA) is 83.8 Å². The van der Waals surface area contributed by atoms with Crippen molar-refractivity contribution in [1.29, 1.82) is 0 Å². The summed E-state index contributed by atoms with van der Waals surface area (Å²) >= 11 is 4.08. The lowest BCUT2D eigenvalue weighted by atomic mass is 10.0. The number of carboxylic acids is 2. The number of aryl methyl sites for hydroxylation is 2. The lowest BCUT2D eigenvalue weighted by Crippen LogP contribution is -2.05. The molecule has 0 spiro atoms. The van der Waals surface area contributed by atoms with E-state index >= 15 is 0 Å². The Hall–Kier alpha value is -2.47. The Kier molecular flexibility index (Phi) is 7.85. The molecule has 0 atom stereocenters. The lowest BCUT2D eigenvalue weighted by Gasteiger charge is -2.09. The standard InChI is InChI=1S/C10H12O3S.C8H8O2/c1-13-8-4-2-3-7(5-6-14)9(8)10(11)12;1-6-2-4-7(5-3-6)8(9)10/h2-4,14H,5-6H2,1H3,(H,11,12);2-5H,1H3,(H,9,10). The molecule has 0 saturated heterocycles. The molecule has 0 bridgehead atoms. The van der Waals surface area contributed by atoms with Crippen molar-refractivity contribution in [2.75, 3.05) is 12.9 Å². The molecule has 0 radical (unpaired) electrons.